The molecule has 220 valence electrons. The van der Waals surface area contributed by atoms with Gasteiger partial charge in [-0.25, -0.2) is 4.79 Å². The fraction of sp³-hybridized carbons (Fsp3) is 0.643. The fourth-order valence-corrected chi connectivity index (χ4v) is 5.92. The third kappa shape index (κ3) is 6.46. The molecule has 12 heteroatoms. The van der Waals surface area contributed by atoms with Gasteiger partial charge in [0.1, 0.15) is 29.2 Å². The molecule has 1 saturated carbocycles. The van der Waals surface area contributed by atoms with E-state index in [4.69, 9.17) is 29.4 Å². The van der Waals surface area contributed by atoms with Crippen molar-refractivity contribution in [1.29, 1.82) is 0 Å². The van der Waals surface area contributed by atoms with Crippen LogP contribution in [0.2, 0.25) is 0 Å². The summed E-state index contributed by atoms with van der Waals surface area (Å²) in [6.07, 6.45) is 1.94. The van der Waals surface area contributed by atoms with Gasteiger partial charge >= 0.3 is 6.16 Å². The molecule has 12 nitrogen and oxygen atoms in total. The predicted molar refractivity (Wildman–Crippen MR) is 144 cm³/mol. The molecule has 0 aromatic heterocycles. The molecule has 2 saturated heterocycles. The van der Waals surface area contributed by atoms with Gasteiger partial charge in [-0.2, -0.15) is 0 Å². The first-order valence-corrected chi connectivity index (χ1v) is 13.6. The van der Waals surface area contributed by atoms with Crippen molar-refractivity contribution in [2.24, 2.45) is 17.6 Å². The van der Waals surface area contributed by atoms with Gasteiger partial charge in [0.15, 0.2) is 0 Å². The van der Waals surface area contributed by atoms with Gasteiger partial charge in [-0.15, -0.1) is 0 Å². The molecule has 40 heavy (non-hydrogen) atoms. The summed E-state index contributed by atoms with van der Waals surface area (Å²) in [5.74, 6) is -0.308. The zero-order valence-electron chi connectivity index (χ0n) is 23.6. The Morgan fingerprint density at radius 3 is 2.52 bits per heavy atom. The quantitative estimate of drug-likeness (QED) is 0.0965. The van der Waals surface area contributed by atoms with Crippen molar-refractivity contribution in [2.45, 2.75) is 82.5 Å². The molecular formula is C28H39N3O9. The average molecular weight is 562 g/mol. The highest BCUT2D eigenvalue weighted by Crippen LogP contribution is 2.59. The summed E-state index contributed by atoms with van der Waals surface area (Å²) in [6, 6.07) is 4.80. The van der Waals surface area contributed by atoms with Gasteiger partial charge in [0.05, 0.1) is 29.6 Å². The van der Waals surface area contributed by atoms with E-state index < -0.39 is 40.5 Å². The molecule has 3 fully saturated rings. The van der Waals surface area contributed by atoms with Crippen LogP contribution < -0.4 is 15.8 Å². The zero-order chi connectivity index (χ0) is 29.2. The van der Waals surface area contributed by atoms with Gasteiger partial charge in [-0.3, -0.25) is 14.9 Å². The fourth-order valence-electron chi connectivity index (χ4n) is 5.92. The van der Waals surface area contributed by atoms with E-state index in [1.807, 2.05) is 27.7 Å². The number of methoxy groups -OCH3 is 1. The monoisotopic (exact) mass is 561 g/mol. The number of non-ortho nitro benzene ring substituents is 1. The third-order valence-electron chi connectivity index (χ3n) is 8.25. The van der Waals surface area contributed by atoms with E-state index in [2.05, 4.69) is 11.4 Å². The average Bonchev–Trinajstić information content (AvgIpc) is 3.80. The molecule has 2 heterocycles. The Hall–Kier alpha value is -3.06. The van der Waals surface area contributed by atoms with Crippen LogP contribution in [0.1, 0.15) is 47.0 Å². The predicted octanol–water partition coefficient (Wildman–Crippen LogP) is 3.27. The van der Waals surface area contributed by atoms with E-state index in [1.165, 1.54) is 24.3 Å². The highest BCUT2D eigenvalue weighted by Gasteiger charge is 2.72. The van der Waals surface area contributed by atoms with Crippen molar-refractivity contribution in [3.63, 3.8) is 0 Å². The van der Waals surface area contributed by atoms with Gasteiger partial charge in [0, 0.05) is 25.8 Å². The first-order chi connectivity index (χ1) is 18.9. The van der Waals surface area contributed by atoms with E-state index in [0.717, 1.165) is 5.57 Å². The second-order valence-corrected chi connectivity index (χ2v) is 11.4. The minimum absolute atomic E-state index is 0.0750. The van der Waals surface area contributed by atoms with Gasteiger partial charge in [-0.05, 0) is 51.2 Å². The minimum Gasteiger partial charge on any atom is -0.428 e. The van der Waals surface area contributed by atoms with Crippen molar-refractivity contribution in [2.75, 3.05) is 20.3 Å². The standard InChI is InChI=1S/C28H39N3O9/c1-16(2)22(25(29)32)30-14-17(3)6-11-21-27(4,40-21)24-23(36-5)20(12-13-28(24)15-37-28)39-26(33)38-19-9-7-18(8-10-19)31(34)35/h6-10,16,20-24,30H,11-15H2,1-5H3,(H2,29,32)/b17-6+/t20-,21-,22-,23-,24-,27+,28+/m1/s1. The number of nitrogens with two attached hydrogens (primary N) is 1. The number of amides is 1. The topological polar surface area (TPSA) is 168 Å². The number of rotatable bonds is 12. The Labute approximate surface area is 233 Å². The summed E-state index contributed by atoms with van der Waals surface area (Å²) < 4.78 is 29.1. The number of nitro benzene ring substituents is 1. The third-order valence-corrected chi connectivity index (χ3v) is 8.25. The summed E-state index contributed by atoms with van der Waals surface area (Å²) >= 11 is 0. The van der Waals surface area contributed by atoms with Crippen molar-refractivity contribution in [3.8, 4) is 5.75 Å². The summed E-state index contributed by atoms with van der Waals surface area (Å²) in [4.78, 5) is 34.6. The molecular weight excluding hydrogens is 522 g/mol. The molecule has 0 radical (unpaired) electrons. The molecule has 0 unspecified atom stereocenters. The maximum Gasteiger partial charge on any atom is 0.514 e. The Balaban J connectivity index is 1.37. The summed E-state index contributed by atoms with van der Waals surface area (Å²) in [6.45, 7) is 9.06. The van der Waals surface area contributed by atoms with Gasteiger partial charge in [0.25, 0.3) is 5.69 Å². The first-order valence-electron chi connectivity index (χ1n) is 13.6. The van der Waals surface area contributed by atoms with Crippen molar-refractivity contribution in [3.05, 3.63) is 46.0 Å². The largest absolute Gasteiger partial charge is 0.514 e. The second-order valence-electron chi connectivity index (χ2n) is 11.4. The molecule has 1 aromatic rings. The molecule has 3 aliphatic rings. The number of carbonyl (C=O) groups excluding carboxylic acids is 2. The molecule has 1 aromatic carbocycles. The normalized spacial score (nSPS) is 32.0. The summed E-state index contributed by atoms with van der Waals surface area (Å²) in [5.41, 5.74) is 5.53. The summed E-state index contributed by atoms with van der Waals surface area (Å²) in [5, 5.41) is 14.1. The lowest BCUT2D eigenvalue weighted by Gasteiger charge is -2.42. The smallest absolute Gasteiger partial charge is 0.428 e. The Kier molecular flexibility index (Phi) is 8.83. The Morgan fingerprint density at radius 1 is 1.30 bits per heavy atom. The number of carbonyl (C=O) groups is 2. The molecule has 1 amide bonds. The van der Waals surface area contributed by atoms with Crippen LogP contribution in [0, 0.1) is 22.0 Å². The van der Waals surface area contributed by atoms with Crippen molar-refractivity contribution in [1.82, 2.24) is 5.32 Å². The van der Waals surface area contributed by atoms with Crippen molar-refractivity contribution >= 4 is 17.7 Å². The lowest BCUT2D eigenvalue weighted by atomic mass is 9.68. The molecule has 1 aliphatic carbocycles. The van der Waals surface area contributed by atoms with Crippen LogP contribution in [-0.4, -0.2) is 72.8 Å². The molecule has 2 aliphatic heterocycles. The number of primary amides is 1. The molecule has 4 rings (SSSR count). The van der Waals surface area contributed by atoms with E-state index in [0.29, 0.717) is 32.4 Å². The number of nitrogens with one attached hydrogen (secondary N) is 1. The lowest BCUT2D eigenvalue weighted by Crippen LogP contribution is -2.55. The molecule has 3 N–H and O–H groups in total. The van der Waals surface area contributed by atoms with Gasteiger partial charge in [-0.1, -0.05) is 25.5 Å². The van der Waals surface area contributed by atoms with E-state index in [9.17, 15) is 19.7 Å². The molecule has 7 atom stereocenters. The van der Waals surface area contributed by atoms with E-state index in [-0.39, 0.29) is 35.3 Å². The lowest BCUT2D eigenvalue weighted by molar-refractivity contribution is -0.384. The number of nitro groups is 1. The SMILES string of the molecule is CO[C@@H]1[C@H](OC(=O)Oc2ccc([N+](=O)[O-])cc2)CC[C@]2(CO2)[C@H]1[C@@]1(C)O[C@@H]1C/C=C(\C)CN[C@@H](C(N)=O)C(C)C. The Morgan fingerprint density at radius 2 is 1.98 bits per heavy atom. The molecule has 1 spiro atoms. The maximum atomic E-state index is 12.6. The van der Waals surface area contributed by atoms with Crippen LogP contribution in [0.3, 0.4) is 0 Å². The highest BCUT2D eigenvalue weighted by molar-refractivity contribution is 5.80. The Bertz CT molecular complexity index is 1130. The molecule has 0 bridgehead atoms. The maximum absolute atomic E-state index is 12.6. The second kappa shape index (κ2) is 11.8. The highest BCUT2D eigenvalue weighted by atomic mass is 16.7. The van der Waals surface area contributed by atoms with E-state index in [1.54, 1.807) is 7.11 Å². The van der Waals surface area contributed by atoms with Crippen LogP contribution in [0.15, 0.2) is 35.9 Å². The van der Waals surface area contributed by atoms with Crippen LogP contribution in [0.5, 0.6) is 5.75 Å². The minimum atomic E-state index is -0.910. The van der Waals surface area contributed by atoms with Crippen LogP contribution in [0.25, 0.3) is 0 Å². The van der Waals surface area contributed by atoms with Gasteiger partial charge in [0.2, 0.25) is 5.91 Å². The number of nitrogens with zero attached hydrogens (tertiary/aromatic N) is 1. The van der Waals surface area contributed by atoms with Crippen LogP contribution >= 0.6 is 0 Å². The van der Waals surface area contributed by atoms with Gasteiger partial charge < -0.3 is 34.7 Å². The van der Waals surface area contributed by atoms with Crippen molar-refractivity contribution < 1.29 is 38.2 Å². The summed E-state index contributed by atoms with van der Waals surface area (Å²) in [7, 11) is 1.58. The zero-order valence-corrected chi connectivity index (χ0v) is 23.6. The van der Waals surface area contributed by atoms with E-state index >= 15 is 0 Å². The number of hydrogen-bond acceptors (Lipinski definition) is 10. The first kappa shape index (κ1) is 29.9. The number of hydrogen-bond donors (Lipinski definition) is 2. The van der Waals surface area contributed by atoms with Crippen LogP contribution in [-0.2, 0) is 23.7 Å². The van der Waals surface area contributed by atoms with Crippen LogP contribution in [0.4, 0.5) is 10.5 Å². The number of epoxide rings is 2. The number of ether oxygens (including phenoxy) is 5. The number of benzene rings is 1.